The highest BCUT2D eigenvalue weighted by atomic mass is 32.2. The van der Waals surface area contributed by atoms with Gasteiger partial charge >= 0.3 is 14.8 Å². The fourth-order valence-electron chi connectivity index (χ4n) is 4.45. The summed E-state index contributed by atoms with van der Waals surface area (Å²) in [7, 11) is -0.527. The van der Waals surface area contributed by atoms with Crippen molar-refractivity contribution in [2.75, 3.05) is 20.7 Å². The molecule has 1 amide bonds. The smallest absolute Gasteiger partial charge is 0.432 e. The summed E-state index contributed by atoms with van der Waals surface area (Å²) in [6, 6.07) is 1.96. The fraction of sp³-hybridized carbons (Fsp3) is 0.484. The van der Waals surface area contributed by atoms with Gasteiger partial charge in [-0.3, -0.25) is 28.4 Å². The van der Waals surface area contributed by atoms with E-state index in [4.69, 9.17) is 27.8 Å². The monoisotopic (exact) mass is 741 g/mol. The molecule has 2 heterocycles. The molecule has 274 valence electrons. The van der Waals surface area contributed by atoms with Crippen LogP contribution in [0.2, 0.25) is 0 Å². The Kier molecular flexibility index (Phi) is 18.0. The Labute approximate surface area is 295 Å². The zero-order valence-electron chi connectivity index (χ0n) is 28.2. The van der Waals surface area contributed by atoms with E-state index in [2.05, 4.69) is 38.9 Å². The molecule has 15 nitrogen and oxygen atoms in total. The number of carbonyl (C=O) groups is 2. The first kappa shape index (κ1) is 40.6. The van der Waals surface area contributed by atoms with Crippen molar-refractivity contribution >= 4 is 45.9 Å². The molecule has 1 atom stereocenters. The molecule has 1 unspecified atom stereocenters. The number of hydrazone groups is 1. The third kappa shape index (κ3) is 14.6. The van der Waals surface area contributed by atoms with Crippen LogP contribution in [0.15, 0.2) is 57.6 Å². The number of amides is 1. The van der Waals surface area contributed by atoms with Crippen molar-refractivity contribution in [2.45, 2.75) is 77.0 Å². The average Bonchev–Trinajstić information content (AvgIpc) is 3.55. The molecule has 2 aromatic rings. The van der Waals surface area contributed by atoms with Gasteiger partial charge in [0.05, 0.1) is 24.0 Å². The first-order valence-electron chi connectivity index (χ1n) is 15.5. The summed E-state index contributed by atoms with van der Waals surface area (Å²) in [6.45, 7) is 9.91. The maximum absolute atomic E-state index is 14.5. The van der Waals surface area contributed by atoms with Crippen molar-refractivity contribution in [1.29, 1.82) is 0 Å². The lowest BCUT2D eigenvalue weighted by molar-refractivity contribution is -0.116. The van der Waals surface area contributed by atoms with E-state index in [1.54, 1.807) is 37.5 Å². The molecule has 0 saturated heterocycles. The maximum atomic E-state index is 14.5. The molecule has 1 fully saturated rings. The minimum Gasteiger partial charge on any atom is -0.432 e. The lowest BCUT2D eigenvalue weighted by atomic mass is 9.95. The maximum Gasteiger partial charge on any atom is 0.510 e. The summed E-state index contributed by atoms with van der Waals surface area (Å²) < 4.78 is 60.8. The van der Waals surface area contributed by atoms with Crippen LogP contribution in [0.4, 0.5) is 13.6 Å². The number of aromatic nitrogens is 3. The van der Waals surface area contributed by atoms with Crippen molar-refractivity contribution in [3.63, 3.8) is 0 Å². The predicted octanol–water partition coefficient (Wildman–Crippen LogP) is 6.14. The number of nitrogens with one attached hydrogen (secondary N) is 1. The molecule has 0 aromatic carbocycles. The van der Waals surface area contributed by atoms with Gasteiger partial charge in [0, 0.05) is 55.1 Å². The van der Waals surface area contributed by atoms with Crippen LogP contribution in [0, 0.1) is 11.8 Å². The Morgan fingerprint density at radius 1 is 1.18 bits per heavy atom. The number of thioether (sulfide) groups is 1. The van der Waals surface area contributed by atoms with Gasteiger partial charge in [0.2, 0.25) is 12.7 Å². The summed E-state index contributed by atoms with van der Waals surface area (Å²) >= 11 is 1.26. The van der Waals surface area contributed by atoms with Crippen LogP contribution in [0.25, 0.3) is 0 Å². The number of rotatable bonds is 21. The Morgan fingerprint density at radius 3 is 2.64 bits per heavy atom. The van der Waals surface area contributed by atoms with E-state index in [0.29, 0.717) is 5.75 Å². The number of aliphatic imine (C=N–C) groups is 1. The molecular formula is C31H42F2N7O8PS. The van der Waals surface area contributed by atoms with Crippen LogP contribution < -0.4 is 5.32 Å². The molecule has 0 bridgehead atoms. The minimum atomic E-state index is -1.96. The average molecular weight is 742 g/mol. The van der Waals surface area contributed by atoms with Gasteiger partial charge in [0.15, 0.2) is 6.79 Å². The number of halogens is 2. The first-order valence-corrected chi connectivity index (χ1v) is 17.6. The molecule has 0 radical (unpaired) electrons. The Balaban J connectivity index is 1.60. The summed E-state index contributed by atoms with van der Waals surface area (Å²) in [4.78, 5) is 32.4. The number of hydrogen-bond donors (Lipinski definition) is 1. The zero-order chi connectivity index (χ0) is 36.3. The van der Waals surface area contributed by atoms with Crippen LogP contribution >= 0.6 is 20.4 Å². The van der Waals surface area contributed by atoms with Gasteiger partial charge in [-0.1, -0.05) is 19.3 Å². The number of nitrogens with zero attached hydrogens (tertiary/aromatic N) is 6. The Morgan fingerprint density at radius 2 is 1.94 bits per heavy atom. The standard InChI is InChI=1S/C31H42F2N7O8PS/c1-22(2)48-31(42)44-21-47-49(46-20-43-5)45-19-39-15-23(14-36-39)17-50-18-28(34-3)30(41)37-24(13-27-26(32)11-12-29(33)38-27)16-40(35-4)25-9-7-6-8-10-25/h11-12,14-16,18,22,25H,3-4,6-10,13,17,19-21H2,1-2,5H3,(H,37,41)/b24-16+,28-18-. The van der Waals surface area contributed by atoms with Crippen molar-refractivity contribution in [3.05, 3.63) is 70.6 Å². The highest BCUT2D eigenvalue weighted by Gasteiger charge is 2.21. The quantitative estimate of drug-likeness (QED) is 0.0297. The van der Waals surface area contributed by atoms with Gasteiger partial charge in [-0.2, -0.15) is 14.6 Å². The first-order chi connectivity index (χ1) is 24.1. The normalized spacial score (nSPS) is 14.7. The molecule has 3 rings (SSSR count). The molecule has 1 aliphatic carbocycles. The van der Waals surface area contributed by atoms with E-state index in [9.17, 15) is 18.4 Å². The van der Waals surface area contributed by atoms with Crippen LogP contribution in [0.5, 0.6) is 0 Å². The molecular weight excluding hydrogens is 699 g/mol. The lowest BCUT2D eigenvalue weighted by Gasteiger charge is -2.30. The topological polar surface area (TPSA) is 160 Å². The SMILES string of the molecule is C=N/C(=C\SCc1cnn(COP(OCOC)OCOC(=O)OC(C)C)c1)C(=O)N/C(=C/N(N=C)C1CCCCC1)Cc1nc(F)ccc1F. The molecule has 1 N–H and O–H groups in total. The second kappa shape index (κ2) is 22.1. The van der Waals surface area contributed by atoms with Crippen molar-refractivity contribution < 1.29 is 46.2 Å². The van der Waals surface area contributed by atoms with Crippen LogP contribution in [0.3, 0.4) is 0 Å². The summed E-state index contributed by atoms with van der Waals surface area (Å²) in [6.07, 6.45) is 8.37. The summed E-state index contributed by atoms with van der Waals surface area (Å²) in [5.41, 5.74) is 0.833. The van der Waals surface area contributed by atoms with Gasteiger partial charge in [0.1, 0.15) is 18.2 Å². The van der Waals surface area contributed by atoms with Gasteiger partial charge in [-0.25, -0.2) is 18.9 Å². The molecule has 19 heteroatoms. The van der Waals surface area contributed by atoms with E-state index < -0.39 is 39.2 Å². The highest BCUT2D eigenvalue weighted by molar-refractivity contribution is 8.01. The van der Waals surface area contributed by atoms with Crippen LogP contribution in [0.1, 0.15) is 57.2 Å². The van der Waals surface area contributed by atoms with Gasteiger partial charge in [0.25, 0.3) is 5.91 Å². The van der Waals surface area contributed by atoms with Crippen LogP contribution in [-0.4, -0.2) is 78.1 Å². The third-order valence-corrected chi connectivity index (χ3v) is 8.54. The molecule has 0 spiro atoms. The summed E-state index contributed by atoms with van der Waals surface area (Å²) in [5.74, 6) is -1.77. The Bertz CT molecular complexity index is 1480. The number of hydrogen-bond acceptors (Lipinski definition) is 14. The van der Waals surface area contributed by atoms with E-state index >= 15 is 0 Å². The molecule has 50 heavy (non-hydrogen) atoms. The van der Waals surface area contributed by atoms with Crippen molar-refractivity contribution in [2.24, 2.45) is 10.1 Å². The van der Waals surface area contributed by atoms with Gasteiger partial charge in [-0.15, -0.1) is 11.8 Å². The highest BCUT2D eigenvalue weighted by Crippen LogP contribution is 2.40. The minimum absolute atomic E-state index is 0.00217. The molecule has 0 aliphatic heterocycles. The lowest BCUT2D eigenvalue weighted by Crippen LogP contribution is -2.32. The molecule has 2 aromatic heterocycles. The third-order valence-electron chi connectivity index (χ3n) is 6.69. The second-order valence-corrected chi connectivity index (χ2v) is 12.9. The van der Waals surface area contributed by atoms with Crippen molar-refractivity contribution in [1.82, 2.24) is 25.1 Å². The van der Waals surface area contributed by atoms with Gasteiger partial charge in [-0.05, 0) is 45.5 Å². The number of ether oxygens (including phenoxy) is 3. The molecule has 1 saturated carbocycles. The van der Waals surface area contributed by atoms with E-state index in [0.717, 1.165) is 49.8 Å². The fourth-order valence-corrected chi connectivity index (χ4v) is 5.98. The van der Waals surface area contributed by atoms with E-state index in [-0.39, 0.29) is 49.2 Å². The predicted molar refractivity (Wildman–Crippen MR) is 183 cm³/mol. The number of pyridine rings is 1. The number of carbonyl (C=O) groups excluding carboxylic acids is 2. The van der Waals surface area contributed by atoms with Crippen molar-refractivity contribution in [3.8, 4) is 0 Å². The van der Waals surface area contributed by atoms with Gasteiger partial charge < -0.3 is 19.5 Å². The van der Waals surface area contributed by atoms with Crippen LogP contribution in [-0.2, 0) is 51.5 Å². The largest absolute Gasteiger partial charge is 0.510 e. The second-order valence-electron chi connectivity index (χ2n) is 10.8. The number of methoxy groups -OCH3 is 1. The number of allylic oxidation sites excluding steroid dienone is 1. The zero-order valence-corrected chi connectivity index (χ0v) is 29.9. The van der Waals surface area contributed by atoms with E-state index in [1.165, 1.54) is 29.0 Å². The van der Waals surface area contributed by atoms with E-state index in [1.807, 2.05) is 0 Å². The molecule has 1 aliphatic rings. The Hall–Kier alpha value is -3.80. The summed E-state index contributed by atoms with van der Waals surface area (Å²) in [5, 5.41) is 14.3.